The van der Waals surface area contributed by atoms with Gasteiger partial charge in [0.2, 0.25) is 0 Å². The number of likely N-dealkylation sites (tertiary alicyclic amines) is 1. The molecule has 0 aromatic heterocycles. The third-order valence-corrected chi connectivity index (χ3v) is 2.37. The van der Waals surface area contributed by atoms with Gasteiger partial charge >= 0.3 is 0 Å². The Morgan fingerprint density at radius 3 is 2.80 bits per heavy atom. The molecule has 1 aliphatic heterocycles. The summed E-state index contributed by atoms with van der Waals surface area (Å²) in [7, 11) is 0. The number of hydrogen-bond donors (Lipinski definition) is 0. The molecule has 0 aliphatic carbocycles. The van der Waals surface area contributed by atoms with Gasteiger partial charge in [-0.3, -0.25) is 4.90 Å². The SMILES string of the molecule is C=CC(C)N1CCC(C)C1. The predicted octanol–water partition coefficient (Wildman–Crippen LogP) is 1.90. The molecule has 0 radical (unpaired) electrons. The van der Waals surface area contributed by atoms with Gasteiger partial charge < -0.3 is 0 Å². The molecule has 1 aliphatic rings. The quantitative estimate of drug-likeness (QED) is 0.528. The third-order valence-electron chi connectivity index (χ3n) is 2.37. The van der Waals surface area contributed by atoms with Crippen molar-refractivity contribution in [1.29, 1.82) is 0 Å². The van der Waals surface area contributed by atoms with Crippen LogP contribution in [0.25, 0.3) is 0 Å². The van der Waals surface area contributed by atoms with E-state index in [2.05, 4.69) is 25.3 Å². The normalized spacial score (nSPS) is 30.4. The maximum absolute atomic E-state index is 3.79. The molecule has 0 spiro atoms. The predicted molar refractivity (Wildman–Crippen MR) is 45.0 cm³/mol. The molecule has 2 unspecified atom stereocenters. The van der Waals surface area contributed by atoms with Crippen LogP contribution in [0.2, 0.25) is 0 Å². The van der Waals surface area contributed by atoms with Crippen molar-refractivity contribution >= 4 is 0 Å². The second-order valence-corrected chi connectivity index (χ2v) is 3.37. The minimum absolute atomic E-state index is 0.574. The molecule has 0 N–H and O–H groups in total. The van der Waals surface area contributed by atoms with Crippen molar-refractivity contribution < 1.29 is 0 Å². The van der Waals surface area contributed by atoms with E-state index in [1.807, 2.05) is 6.08 Å². The van der Waals surface area contributed by atoms with Crippen molar-refractivity contribution in [3.05, 3.63) is 12.7 Å². The average molecular weight is 139 g/mol. The molecule has 0 amide bonds. The van der Waals surface area contributed by atoms with E-state index >= 15 is 0 Å². The highest BCUT2D eigenvalue weighted by Gasteiger charge is 2.20. The van der Waals surface area contributed by atoms with E-state index in [1.54, 1.807) is 0 Å². The first-order chi connectivity index (χ1) is 4.74. The molecular formula is C9H17N. The Morgan fingerprint density at radius 2 is 2.40 bits per heavy atom. The summed E-state index contributed by atoms with van der Waals surface area (Å²) in [5.41, 5.74) is 0. The lowest BCUT2D eigenvalue weighted by molar-refractivity contribution is 0.291. The summed E-state index contributed by atoms with van der Waals surface area (Å²) in [6.07, 6.45) is 3.39. The van der Waals surface area contributed by atoms with E-state index in [-0.39, 0.29) is 0 Å². The summed E-state index contributed by atoms with van der Waals surface area (Å²) in [4.78, 5) is 2.48. The van der Waals surface area contributed by atoms with Crippen molar-refractivity contribution in [2.45, 2.75) is 26.3 Å². The maximum Gasteiger partial charge on any atom is 0.0247 e. The molecule has 2 atom stereocenters. The van der Waals surface area contributed by atoms with Crippen LogP contribution in [0, 0.1) is 5.92 Å². The molecule has 1 rings (SSSR count). The zero-order valence-corrected chi connectivity index (χ0v) is 7.01. The molecule has 1 saturated heterocycles. The second-order valence-electron chi connectivity index (χ2n) is 3.37. The lowest BCUT2D eigenvalue weighted by atomic mass is 10.2. The number of nitrogens with zero attached hydrogens (tertiary/aromatic N) is 1. The summed E-state index contributed by atoms with van der Waals surface area (Å²) in [5.74, 6) is 0.891. The van der Waals surface area contributed by atoms with Crippen LogP contribution in [0.3, 0.4) is 0 Å². The summed E-state index contributed by atoms with van der Waals surface area (Å²) < 4.78 is 0. The van der Waals surface area contributed by atoms with E-state index in [0.29, 0.717) is 6.04 Å². The lowest BCUT2D eigenvalue weighted by Gasteiger charge is -2.20. The van der Waals surface area contributed by atoms with Crippen LogP contribution in [-0.2, 0) is 0 Å². The first-order valence-corrected chi connectivity index (χ1v) is 4.10. The van der Waals surface area contributed by atoms with Gasteiger partial charge in [0.25, 0.3) is 0 Å². The van der Waals surface area contributed by atoms with Crippen LogP contribution < -0.4 is 0 Å². The van der Waals surface area contributed by atoms with Crippen LogP contribution in [-0.4, -0.2) is 24.0 Å². The average Bonchev–Trinajstić information content (AvgIpc) is 2.34. The standard InChI is InChI=1S/C9H17N/c1-4-9(3)10-6-5-8(2)7-10/h4,8-9H,1,5-7H2,2-3H3. The monoisotopic (exact) mass is 139 g/mol. The fourth-order valence-electron chi connectivity index (χ4n) is 1.49. The van der Waals surface area contributed by atoms with Crippen LogP contribution >= 0.6 is 0 Å². The van der Waals surface area contributed by atoms with Gasteiger partial charge in [-0.2, -0.15) is 0 Å². The van der Waals surface area contributed by atoms with Crippen LogP contribution in [0.1, 0.15) is 20.3 Å². The van der Waals surface area contributed by atoms with Crippen LogP contribution in [0.5, 0.6) is 0 Å². The van der Waals surface area contributed by atoms with Gasteiger partial charge in [0.05, 0.1) is 0 Å². The molecule has 1 heterocycles. The molecule has 1 nitrogen and oxygen atoms in total. The van der Waals surface area contributed by atoms with Gasteiger partial charge in [-0.25, -0.2) is 0 Å². The molecule has 58 valence electrons. The molecule has 1 fully saturated rings. The lowest BCUT2D eigenvalue weighted by Crippen LogP contribution is -2.28. The molecule has 0 aromatic carbocycles. The van der Waals surface area contributed by atoms with Crippen molar-refractivity contribution in [1.82, 2.24) is 4.90 Å². The van der Waals surface area contributed by atoms with Crippen LogP contribution in [0.4, 0.5) is 0 Å². The van der Waals surface area contributed by atoms with Crippen molar-refractivity contribution in [3.63, 3.8) is 0 Å². The van der Waals surface area contributed by atoms with E-state index < -0.39 is 0 Å². The van der Waals surface area contributed by atoms with Crippen molar-refractivity contribution in [3.8, 4) is 0 Å². The Bertz CT molecular complexity index is 120. The second kappa shape index (κ2) is 3.20. The zero-order valence-electron chi connectivity index (χ0n) is 7.01. The van der Waals surface area contributed by atoms with Crippen LogP contribution in [0.15, 0.2) is 12.7 Å². The Morgan fingerprint density at radius 1 is 1.70 bits per heavy atom. The summed E-state index contributed by atoms with van der Waals surface area (Å²) in [6.45, 7) is 10.8. The van der Waals surface area contributed by atoms with E-state index in [0.717, 1.165) is 5.92 Å². The fourth-order valence-corrected chi connectivity index (χ4v) is 1.49. The summed E-state index contributed by atoms with van der Waals surface area (Å²) >= 11 is 0. The first-order valence-electron chi connectivity index (χ1n) is 4.10. The Balaban J connectivity index is 2.36. The molecule has 1 heteroatoms. The Labute approximate surface area is 63.7 Å². The van der Waals surface area contributed by atoms with E-state index in [4.69, 9.17) is 0 Å². The minimum atomic E-state index is 0.574. The van der Waals surface area contributed by atoms with E-state index in [9.17, 15) is 0 Å². The number of rotatable bonds is 2. The van der Waals surface area contributed by atoms with Gasteiger partial charge in [0, 0.05) is 12.6 Å². The molecule has 0 saturated carbocycles. The minimum Gasteiger partial charge on any atom is -0.297 e. The first kappa shape index (κ1) is 7.80. The molecule has 0 bridgehead atoms. The third kappa shape index (κ3) is 1.60. The van der Waals surface area contributed by atoms with Crippen molar-refractivity contribution in [2.75, 3.05) is 13.1 Å². The van der Waals surface area contributed by atoms with Gasteiger partial charge in [0.15, 0.2) is 0 Å². The Hall–Kier alpha value is -0.300. The van der Waals surface area contributed by atoms with Gasteiger partial charge in [-0.05, 0) is 25.8 Å². The molecule has 10 heavy (non-hydrogen) atoms. The molecule has 0 aromatic rings. The highest BCUT2D eigenvalue weighted by atomic mass is 15.2. The zero-order chi connectivity index (χ0) is 7.56. The van der Waals surface area contributed by atoms with Gasteiger partial charge in [0.1, 0.15) is 0 Å². The highest BCUT2D eigenvalue weighted by Crippen LogP contribution is 2.17. The largest absolute Gasteiger partial charge is 0.297 e. The van der Waals surface area contributed by atoms with Gasteiger partial charge in [-0.1, -0.05) is 13.0 Å². The highest BCUT2D eigenvalue weighted by molar-refractivity contribution is 4.87. The molecular weight excluding hydrogens is 122 g/mol. The number of hydrogen-bond acceptors (Lipinski definition) is 1. The Kier molecular flexibility index (Phi) is 2.50. The summed E-state index contributed by atoms with van der Waals surface area (Å²) in [5, 5.41) is 0. The fraction of sp³-hybridized carbons (Fsp3) is 0.778. The van der Waals surface area contributed by atoms with Crippen molar-refractivity contribution in [2.24, 2.45) is 5.92 Å². The van der Waals surface area contributed by atoms with E-state index in [1.165, 1.54) is 19.5 Å². The smallest absolute Gasteiger partial charge is 0.0247 e. The maximum atomic E-state index is 3.79. The van der Waals surface area contributed by atoms with Gasteiger partial charge in [-0.15, -0.1) is 6.58 Å². The topological polar surface area (TPSA) is 3.24 Å². The summed E-state index contributed by atoms with van der Waals surface area (Å²) in [6, 6.07) is 0.574.